The van der Waals surface area contributed by atoms with Crippen LogP contribution < -0.4 is 5.32 Å². The smallest absolute Gasteiger partial charge is 0.305 e. The second-order valence-corrected chi connectivity index (χ2v) is 19.3. The Labute approximate surface area is 398 Å². The molecule has 0 fully saturated rings. The first-order valence-corrected chi connectivity index (χ1v) is 28.2. The van der Waals surface area contributed by atoms with Crippen molar-refractivity contribution in [3.8, 4) is 0 Å². The molecule has 3 N–H and O–H groups in total. The number of rotatable bonds is 52. The van der Waals surface area contributed by atoms with Crippen LogP contribution in [0, 0.1) is 0 Å². The van der Waals surface area contributed by atoms with Crippen molar-refractivity contribution in [2.75, 3.05) is 13.2 Å². The monoisotopic (exact) mass is 900 g/mol. The Morgan fingerprint density at radius 1 is 0.438 bits per heavy atom. The summed E-state index contributed by atoms with van der Waals surface area (Å²) in [6.07, 6.45) is 65.5. The van der Waals surface area contributed by atoms with Crippen LogP contribution in [-0.2, 0) is 14.3 Å². The molecule has 0 aliphatic heterocycles. The van der Waals surface area contributed by atoms with Gasteiger partial charge in [-0.2, -0.15) is 0 Å². The fraction of sp³-hybridized carbons (Fsp3) is 0.862. The Morgan fingerprint density at radius 2 is 0.781 bits per heavy atom. The van der Waals surface area contributed by atoms with Gasteiger partial charge in [-0.1, -0.05) is 237 Å². The lowest BCUT2D eigenvalue weighted by Crippen LogP contribution is -2.45. The Balaban J connectivity index is 3.46. The van der Waals surface area contributed by atoms with Crippen LogP contribution in [0.25, 0.3) is 0 Å². The molecule has 1 amide bonds. The molecule has 0 aliphatic rings. The Bertz CT molecular complexity index is 1040. The van der Waals surface area contributed by atoms with Crippen LogP contribution in [0.5, 0.6) is 0 Å². The van der Waals surface area contributed by atoms with Gasteiger partial charge in [-0.15, -0.1) is 0 Å². The maximum Gasteiger partial charge on any atom is 0.305 e. The van der Waals surface area contributed by atoms with Crippen molar-refractivity contribution in [1.29, 1.82) is 0 Å². The molecule has 0 aliphatic carbocycles. The highest BCUT2D eigenvalue weighted by atomic mass is 16.5. The predicted octanol–water partition coefficient (Wildman–Crippen LogP) is 17.2. The fourth-order valence-corrected chi connectivity index (χ4v) is 8.55. The van der Waals surface area contributed by atoms with Gasteiger partial charge < -0.3 is 20.3 Å². The number of carbonyl (C=O) groups is 2. The Hall–Kier alpha value is -1.92. The second-order valence-electron chi connectivity index (χ2n) is 19.3. The van der Waals surface area contributed by atoms with Crippen LogP contribution in [0.2, 0.25) is 0 Å². The van der Waals surface area contributed by atoms with Crippen molar-refractivity contribution < 1.29 is 24.5 Å². The molecule has 0 saturated heterocycles. The van der Waals surface area contributed by atoms with Gasteiger partial charge >= 0.3 is 5.97 Å². The molecular weight excluding hydrogens is 791 g/mol. The molecule has 0 aromatic rings. The van der Waals surface area contributed by atoms with E-state index in [2.05, 4.69) is 55.6 Å². The summed E-state index contributed by atoms with van der Waals surface area (Å²) in [7, 11) is 0. The van der Waals surface area contributed by atoms with E-state index in [-0.39, 0.29) is 18.5 Å². The lowest BCUT2D eigenvalue weighted by atomic mass is 10.0. The molecule has 6 nitrogen and oxygen atoms in total. The van der Waals surface area contributed by atoms with Crippen LogP contribution in [0.1, 0.15) is 296 Å². The number of allylic oxidation sites excluding steroid dienone is 6. The van der Waals surface area contributed by atoms with Crippen LogP contribution in [0.4, 0.5) is 0 Å². The first kappa shape index (κ1) is 62.1. The number of aliphatic hydroxyl groups is 2. The van der Waals surface area contributed by atoms with Gasteiger partial charge in [0.25, 0.3) is 0 Å². The van der Waals surface area contributed by atoms with E-state index in [0.717, 1.165) is 70.6 Å². The van der Waals surface area contributed by atoms with Gasteiger partial charge in [0, 0.05) is 12.8 Å². The molecule has 376 valence electrons. The first-order valence-electron chi connectivity index (χ1n) is 28.2. The fourth-order valence-electron chi connectivity index (χ4n) is 8.55. The third-order valence-electron chi connectivity index (χ3n) is 12.9. The van der Waals surface area contributed by atoms with E-state index in [9.17, 15) is 19.8 Å². The summed E-state index contributed by atoms with van der Waals surface area (Å²) in [6, 6.07) is -0.554. The number of esters is 1. The van der Waals surface area contributed by atoms with Crippen molar-refractivity contribution in [2.45, 2.75) is 309 Å². The quantitative estimate of drug-likeness (QED) is 0.0321. The third-order valence-corrected chi connectivity index (χ3v) is 12.9. The highest BCUT2D eigenvalue weighted by Crippen LogP contribution is 2.16. The van der Waals surface area contributed by atoms with Crippen molar-refractivity contribution in [2.24, 2.45) is 0 Å². The number of hydrogen-bond donors (Lipinski definition) is 3. The van der Waals surface area contributed by atoms with Crippen LogP contribution in [-0.4, -0.2) is 47.4 Å². The van der Waals surface area contributed by atoms with Gasteiger partial charge in [-0.05, 0) is 83.5 Å². The minimum atomic E-state index is -0.675. The Morgan fingerprint density at radius 3 is 1.23 bits per heavy atom. The van der Waals surface area contributed by atoms with Gasteiger partial charge in [-0.25, -0.2) is 0 Å². The molecule has 0 saturated carbocycles. The van der Waals surface area contributed by atoms with E-state index < -0.39 is 12.1 Å². The zero-order valence-electron chi connectivity index (χ0n) is 42.8. The summed E-state index contributed by atoms with van der Waals surface area (Å²) in [6.45, 7) is 4.90. The zero-order chi connectivity index (χ0) is 46.5. The van der Waals surface area contributed by atoms with E-state index in [1.54, 1.807) is 0 Å². The summed E-state index contributed by atoms with van der Waals surface area (Å²) in [5.74, 6) is -0.0630. The van der Waals surface area contributed by atoms with Crippen molar-refractivity contribution in [3.63, 3.8) is 0 Å². The Kier molecular flexibility index (Phi) is 52.1. The second kappa shape index (κ2) is 53.7. The number of amides is 1. The van der Waals surface area contributed by atoms with Gasteiger partial charge in [0.1, 0.15) is 0 Å². The summed E-state index contributed by atoms with van der Waals surface area (Å²) in [5, 5.41) is 23.2. The number of aliphatic hydroxyl groups excluding tert-OH is 2. The normalized spacial score (nSPS) is 12.9. The summed E-state index contributed by atoms with van der Waals surface area (Å²) >= 11 is 0. The standard InChI is InChI=1S/C58H109NO5/c1-3-5-7-9-11-13-15-17-19-20-24-28-32-36-40-44-48-52-58(63)64-53-49-45-41-37-33-29-25-22-21-23-27-31-35-39-43-47-51-57(62)59-55(54-60)56(61)50-46-42-38-34-30-26-18-16-14-12-10-8-6-4-2/h11,13,17,19,21,23,55-56,60-61H,3-10,12,14-16,18,20,22,24-54H2,1-2H3,(H,59,62)/b13-11-,19-17-,23-21-. The molecule has 0 heterocycles. The van der Waals surface area contributed by atoms with E-state index >= 15 is 0 Å². The third kappa shape index (κ3) is 49.5. The molecule has 0 aromatic heterocycles. The van der Waals surface area contributed by atoms with Gasteiger partial charge in [-0.3, -0.25) is 9.59 Å². The lowest BCUT2D eigenvalue weighted by Gasteiger charge is -2.22. The molecule has 64 heavy (non-hydrogen) atoms. The summed E-state index contributed by atoms with van der Waals surface area (Å²) in [5.41, 5.74) is 0. The average Bonchev–Trinajstić information content (AvgIpc) is 3.29. The first-order chi connectivity index (χ1) is 31.5. The summed E-state index contributed by atoms with van der Waals surface area (Å²) in [4.78, 5) is 24.5. The van der Waals surface area contributed by atoms with Crippen LogP contribution in [0.3, 0.4) is 0 Å². The predicted molar refractivity (Wildman–Crippen MR) is 278 cm³/mol. The lowest BCUT2D eigenvalue weighted by molar-refractivity contribution is -0.143. The number of hydrogen-bond acceptors (Lipinski definition) is 5. The van der Waals surface area contributed by atoms with Gasteiger partial charge in [0.2, 0.25) is 5.91 Å². The van der Waals surface area contributed by atoms with Crippen molar-refractivity contribution >= 4 is 11.9 Å². The number of carbonyl (C=O) groups excluding carboxylic acids is 2. The number of ether oxygens (including phenoxy) is 1. The van der Waals surface area contributed by atoms with E-state index in [1.807, 2.05) is 0 Å². The van der Waals surface area contributed by atoms with Crippen molar-refractivity contribution in [3.05, 3.63) is 36.5 Å². The van der Waals surface area contributed by atoms with Gasteiger partial charge in [0.15, 0.2) is 0 Å². The molecule has 0 bridgehead atoms. The average molecular weight is 901 g/mol. The maximum atomic E-state index is 12.5. The minimum absolute atomic E-state index is 0.0107. The molecule has 6 heteroatoms. The van der Waals surface area contributed by atoms with Crippen LogP contribution in [0.15, 0.2) is 36.5 Å². The minimum Gasteiger partial charge on any atom is -0.466 e. The molecule has 0 aromatic carbocycles. The number of nitrogens with one attached hydrogen (secondary N) is 1. The zero-order valence-corrected chi connectivity index (χ0v) is 42.8. The topological polar surface area (TPSA) is 95.9 Å². The molecule has 0 spiro atoms. The molecule has 0 rings (SSSR count). The maximum absolute atomic E-state index is 12.5. The molecular formula is C58H109NO5. The van der Waals surface area contributed by atoms with Crippen LogP contribution >= 0.6 is 0 Å². The van der Waals surface area contributed by atoms with E-state index in [1.165, 1.54) is 193 Å². The largest absolute Gasteiger partial charge is 0.466 e. The molecule has 2 unspecified atom stereocenters. The highest BCUT2D eigenvalue weighted by molar-refractivity contribution is 5.76. The van der Waals surface area contributed by atoms with Gasteiger partial charge in [0.05, 0.1) is 25.4 Å². The molecule has 2 atom stereocenters. The number of unbranched alkanes of at least 4 members (excludes halogenated alkanes) is 35. The van der Waals surface area contributed by atoms with E-state index in [0.29, 0.717) is 25.9 Å². The SMILES string of the molecule is CCCCC/C=C\C/C=C\CCCCCCCCCC(=O)OCCCCCCCCC/C=C\CCCCCCCC(=O)NC(CO)C(O)CCCCCCCCCCCCCCCC. The summed E-state index contributed by atoms with van der Waals surface area (Å²) < 4.78 is 5.47. The van der Waals surface area contributed by atoms with E-state index in [4.69, 9.17) is 4.74 Å². The highest BCUT2D eigenvalue weighted by Gasteiger charge is 2.20. The van der Waals surface area contributed by atoms with Crippen molar-refractivity contribution in [1.82, 2.24) is 5.32 Å². The molecule has 0 radical (unpaired) electrons.